The molecule has 2 aromatic heterocycles. The Bertz CT molecular complexity index is 1570. The number of nitro benzene ring substituents is 1. The molecule has 0 saturated heterocycles. The smallest absolute Gasteiger partial charge is 0.341 e. The molecule has 10 heteroatoms. The number of rotatable bonds is 8. The van der Waals surface area contributed by atoms with Crippen molar-refractivity contribution in [3.05, 3.63) is 98.6 Å². The fourth-order valence-corrected chi connectivity index (χ4v) is 4.55. The third-order valence-electron chi connectivity index (χ3n) is 5.50. The van der Waals surface area contributed by atoms with Crippen LogP contribution < -0.4 is 5.32 Å². The van der Waals surface area contributed by atoms with Crippen LogP contribution in [0.5, 0.6) is 0 Å². The summed E-state index contributed by atoms with van der Waals surface area (Å²) < 4.78 is 10.9. The molecule has 4 rings (SSSR count). The van der Waals surface area contributed by atoms with Crippen molar-refractivity contribution in [2.24, 2.45) is 0 Å². The van der Waals surface area contributed by atoms with Gasteiger partial charge in [0.2, 0.25) is 0 Å². The Morgan fingerprint density at radius 3 is 2.42 bits per heavy atom. The first-order valence-electron chi connectivity index (χ1n) is 11.4. The number of esters is 1. The van der Waals surface area contributed by atoms with E-state index in [1.165, 1.54) is 18.2 Å². The quantitative estimate of drug-likeness (QED) is 0.0894. The lowest BCUT2D eigenvalue weighted by Gasteiger charge is -2.09. The van der Waals surface area contributed by atoms with E-state index in [2.05, 4.69) is 5.32 Å². The highest BCUT2D eigenvalue weighted by Gasteiger charge is 2.24. The van der Waals surface area contributed by atoms with Crippen molar-refractivity contribution in [2.45, 2.75) is 13.8 Å². The van der Waals surface area contributed by atoms with Gasteiger partial charge in [-0.3, -0.25) is 14.9 Å². The fraction of sp³-hybridized carbons (Fsp3) is 0.107. The van der Waals surface area contributed by atoms with Crippen LogP contribution in [0.4, 0.5) is 10.7 Å². The summed E-state index contributed by atoms with van der Waals surface area (Å²) >= 11 is 1.16. The first-order valence-corrected chi connectivity index (χ1v) is 12.3. The lowest BCUT2D eigenvalue weighted by Crippen LogP contribution is -2.16. The topological polar surface area (TPSA) is 135 Å². The maximum atomic E-state index is 13.0. The molecule has 0 aliphatic heterocycles. The molecule has 0 radical (unpaired) electrons. The minimum Gasteiger partial charge on any atom is -0.462 e. The van der Waals surface area contributed by atoms with Gasteiger partial charge in [-0.2, -0.15) is 5.26 Å². The van der Waals surface area contributed by atoms with Crippen molar-refractivity contribution in [1.82, 2.24) is 0 Å². The van der Waals surface area contributed by atoms with Crippen LogP contribution in [-0.2, 0) is 9.53 Å². The number of non-ortho nitro benzene ring substituents is 1. The number of nitriles is 1. The van der Waals surface area contributed by atoms with Crippen LogP contribution in [0.15, 0.2) is 76.0 Å². The summed E-state index contributed by atoms with van der Waals surface area (Å²) in [7, 11) is 0. The van der Waals surface area contributed by atoms with Gasteiger partial charge in [0, 0.05) is 34.7 Å². The molecule has 0 spiro atoms. The van der Waals surface area contributed by atoms with Crippen LogP contribution >= 0.6 is 11.3 Å². The average molecular weight is 528 g/mol. The van der Waals surface area contributed by atoms with Crippen molar-refractivity contribution >= 4 is 40.0 Å². The number of furan rings is 1. The molecule has 38 heavy (non-hydrogen) atoms. The molecule has 0 saturated carbocycles. The van der Waals surface area contributed by atoms with Gasteiger partial charge in [-0.05, 0) is 43.7 Å². The predicted octanol–water partition coefficient (Wildman–Crippen LogP) is 6.61. The molecule has 1 amide bonds. The number of aryl methyl sites for hydroxylation is 1. The zero-order valence-corrected chi connectivity index (χ0v) is 21.2. The number of hydrogen-bond donors (Lipinski definition) is 1. The molecule has 2 heterocycles. The first kappa shape index (κ1) is 26.1. The molecule has 0 bridgehead atoms. The number of carbonyl (C=O) groups excluding carboxylic acids is 2. The van der Waals surface area contributed by atoms with E-state index in [0.29, 0.717) is 16.9 Å². The molecule has 0 atom stereocenters. The van der Waals surface area contributed by atoms with Gasteiger partial charge >= 0.3 is 5.97 Å². The maximum absolute atomic E-state index is 13.0. The Hall–Kier alpha value is -5.01. The minimum atomic E-state index is -0.719. The van der Waals surface area contributed by atoms with Crippen LogP contribution in [0.3, 0.4) is 0 Å². The summed E-state index contributed by atoms with van der Waals surface area (Å²) in [6, 6.07) is 18.5. The highest BCUT2D eigenvalue weighted by Crippen LogP contribution is 2.36. The van der Waals surface area contributed by atoms with Crippen molar-refractivity contribution < 1.29 is 23.7 Å². The van der Waals surface area contributed by atoms with E-state index >= 15 is 0 Å². The Morgan fingerprint density at radius 2 is 1.79 bits per heavy atom. The van der Waals surface area contributed by atoms with E-state index in [1.807, 2.05) is 37.3 Å². The van der Waals surface area contributed by atoms with Gasteiger partial charge in [0.25, 0.3) is 11.6 Å². The van der Waals surface area contributed by atoms with Crippen molar-refractivity contribution in [2.75, 3.05) is 11.9 Å². The van der Waals surface area contributed by atoms with E-state index in [1.54, 1.807) is 36.6 Å². The molecular formula is C28H21N3O6S. The van der Waals surface area contributed by atoms with Crippen LogP contribution in [0, 0.1) is 28.4 Å². The van der Waals surface area contributed by atoms with E-state index in [-0.39, 0.29) is 34.2 Å². The Kier molecular flexibility index (Phi) is 7.80. The summed E-state index contributed by atoms with van der Waals surface area (Å²) in [5, 5.41) is 25.2. The summed E-state index contributed by atoms with van der Waals surface area (Å²) in [6.07, 6.45) is 1.28. The SMILES string of the molecule is CCOC(=O)c1c(-c2ccc(C)cc2)csc1NC(=O)C(C#N)=Cc1ccc(-c2ccc([N+](=O)[O-])cc2)o1. The van der Waals surface area contributed by atoms with Gasteiger partial charge in [-0.15, -0.1) is 11.3 Å². The molecule has 190 valence electrons. The number of amides is 1. The van der Waals surface area contributed by atoms with Gasteiger partial charge in [0.15, 0.2) is 0 Å². The van der Waals surface area contributed by atoms with Crippen molar-refractivity contribution in [3.63, 3.8) is 0 Å². The minimum absolute atomic E-state index is 0.0508. The van der Waals surface area contributed by atoms with Crippen LogP contribution in [-0.4, -0.2) is 23.4 Å². The second kappa shape index (κ2) is 11.4. The fourth-order valence-electron chi connectivity index (χ4n) is 3.60. The highest BCUT2D eigenvalue weighted by atomic mass is 32.1. The number of hydrogen-bond acceptors (Lipinski definition) is 8. The Morgan fingerprint density at radius 1 is 1.11 bits per heavy atom. The standard InChI is InChI=1S/C28H21N3O6S/c1-3-36-28(33)25-23(18-6-4-17(2)5-7-18)16-38-27(25)30-26(32)20(15-29)14-22-12-13-24(37-22)19-8-10-21(11-9-19)31(34)35/h4-14,16H,3H2,1-2H3,(H,30,32). The van der Waals surface area contributed by atoms with Gasteiger partial charge in [0.05, 0.1) is 11.5 Å². The van der Waals surface area contributed by atoms with Crippen LogP contribution in [0.2, 0.25) is 0 Å². The van der Waals surface area contributed by atoms with Crippen molar-refractivity contribution in [1.29, 1.82) is 5.26 Å². The molecule has 2 aromatic carbocycles. The molecule has 0 aliphatic rings. The number of carbonyl (C=O) groups is 2. The number of ether oxygens (including phenoxy) is 1. The first-order chi connectivity index (χ1) is 18.3. The zero-order chi connectivity index (χ0) is 27.2. The van der Waals surface area contributed by atoms with Gasteiger partial charge in [-0.25, -0.2) is 4.79 Å². The molecular weight excluding hydrogens is 506 g/mol. The average Bonchev–Trinajstić information content (AvgIpc) is 3.55. The van der Waals surface area contributed by atoms with Gasteiger partial charge in [0.1, 0.15) is 33.7 Å². The monoisotopic (exact) mass is 527 g/mol. The predicted molar refractivity (Wildman–Crippen MR) is 143 cm³/mol. The number of nitrogens with zero attached hydrogens (tertiary/aromatic N) is 2. The summed E-state index contributed by atoms with van der Waals surface area (Å²) in [5.74, 6) is -0.652. The summed E-state index contributed by atoms with van der Waals surface area (Å²) in [5.41, 5.74) is 2.99. The summed E-state index contributed by atoms with van der Waals surface area (Å²) in [6.45, 7) is 3.81. The Balaban J connectivity index is 1.59. The second-order valence-electron chi connectivity index (χ2n) is 8.07. The number of nitrogens with one attached hydrogen (secondary N) is 1. The lowest BCUT2D eigenvalue weighted by atomic mass is 10.0. The van der Waals surface area contributed by atoms with Crippen molar-refractivity contribution in [3.8, 4) is 28.5 Å². The molecule has 0 fully saturated rings. The van der Waals surface area contributed by atoms with E-state index in [4.69, 9.17) is 9.15 Å². The normalized spacial score (nSPS) is 11.0. The largest absolute Gasteiger partial charge is 0.462 e. The van der Waals surface area contributed by atoms with Gasteiger partial charge < -0.3 is 14.5 Å². The van der Waals surface area contributed by atoms with E-state index < -0.39 is 16.8 Å². The van der Waals surface area contributed by atoms with E-state index in [9.17, 15) is 25.0 Å². The maximum Gasteiger partial charge on any atom is 0.341 e. The third kappa shape index (κ3) is 5.69. The lowest BCUT2D eigenvalue weighted by molar-refractivity contribution is -0.384. The van der Waals surface area contributed by atoms with E-state index in [0.717, 1.165) is 22.5 Å². The molecule has 0 aliphatic carbocycles. The summed E-state index contributed by atoms with van der Waals surface area (Å²) in [4.78, 5) is 36.2. The second-order valence-corrected chi connectivity index (χ2v) is 8.95. The van der Waals surface area contributed by atoms with Crippen LogP contribution in [0.25, 0.3) is 28.5 Å². The molecule has 0 unspecified atom stereocenters. The van der Waals surface area contributed by atoms with Gasteiger partial charge in [-0.1, -0.05) is 29.8 Å². The number of thiophene rings is 1. The Labute approximate surface area is 221 Å². The number of nitro groups is 1. The number of benzene rings is 2. The molecule has 4 aromatic rings. The zero-order valence-electron chi connectivity index (χ0n) is 20.4. The third-order valence-corrected chi connectivity index (χ3v) is 6.40. The molecule has 9 nitrogen and oxygen atoms in total. The van der Waals surface area contributed by atoms with Crippen LogP contribution in [0.1, 0.15) is 28.6 Å². The number of anilines is 1. The molecule has 1 N–H and O–H groups in total. The highest BCUT2D eigenvalue weighted by molar-refractivity contribution is 7.15.